The number of hydrogen-bond donors (Lipinski definition) is 0. The Bertz CT molecular complexity index is 1060. The first-order valence-electron chi connectivity index (χ1n) is 9.90. The lowest BCUT2D eigenvalue weighted by atomic mass is 10.1. The quantitative estimate of drug-likeness (QED) is 0.522. The summed E-state index contributed by atoms with van der Waals surface area (Å²) in [5.74, 6) is -0.547. The highest BCUT2D eigenvalue weighted by Gasteiger charge is 2.41. The number of rotatable bonds is 4. The molecule has 2 fully saturated rings. The van der Waals surface area contributed by atoms with Crippen molar-refractivity contribution < 1.29 is 14.3 Å². The lowest BCUT2D eigenvalue weighted by Gasteiger charge is -2.27. The summed E-state index contributed by atoms with van der Waals surface area (Å²) in [7, 11) is 0. The summed E-state index contributed by atoms with van der Waals surface area (Å²) < 4.78 is 5.32. The zero-order chi connectivity index (χ0) is 21.8. The van der Waals surface area contributed by atoms with Crippen molar-refractivity contribution in [3.63, 3.8) is 0 Å². The number of anilines is 1. The van der Waals surface area contributed by atoms with Gasteiger partial charge in [-0.3, -0.25) is 14.5 Å². The third-order valence-electron chi connectivity index (χ3n) is 5.17. The highest BCUT2D eigenvalue weighted by Crippen LogP contribution is 2.42. The number of benzene rings is 2. The Morgan fingerprint density at radius 3 is 2.48 bits per heavy atom. The molecule has 0 radical (unpaired) electrons. The minimum absolute atomic E-state index is 0.0224. The number of thioether (sulfide) groups is 1. The van der Waals surface area contributed by atoms with Crippen LogP contribution < -0.4 is 4.90 Å². The van der Waals surface area contributed by atoms with Gasteiger partial charge in [-0.05, 0) is 30.2 Å². The Morgan fingerprint density at radius 1 is 1.13 bits per heavy atom. The second kappa shape index (κ2) is 9.56. The monoisotopic (exact) mass is 453 g/mol. The molecule has 1 atom stereocenters. The molecule has 2 aliphatic rings. The normalized spacial score (nSPS) is 20.5. The number of nitrogens with zero attached hydrogens (tertiary/aromatic N) is 3. The van der Waals surface area contributed by atoms with Crippen molar-refractivity contribution in [1.82, 2.24) is 4.90 Å². The summed E-state index contributed by atoms with van der Waals surface area (Å²) in [5.41, 5.74) is 1.45. The van der Waals surface area contributed by atoms with E-state index >= 15 is 0 Å². The maximum atomic E-state index is 13.4. The van der Waals surface area contributed by atoms with Crippen molar-refractivity contribution in [3.05, 3.63) is 75.8 Å². The van der Waals surface area contributed by atoms with Crippen LogP contribution >= 0.6 is 23.4 Å². The van der Waals surface area contributed by atoms with Crippen LogP contribution in [-0.2, 0) is 20.7 Å². The predicted octanol–water partition coefficient (Wildman–Crippen LogP) is 3.63. The summed E-state index contributed by atoms with van der Waals surface area (Å²) in [6, 6.07) is 18.5. The van der Waals surface area contributed by atoms with Crippen LogP contribution in [0.25, 0.3) is 0 Å². The molecule has 2 aromatic carbocycles. The molecule has 2 aliphatic heterocycles. The molecule has 8 heteroatoms. The SMILES string of the molecule is N#C/C(C(=O)N1CCOCC1)=C1/S[C@H](Cc2ccccc2Cl)C(=O)N1c1ccccc1. The van der Waals surface area contributed by atoms with Crippen molar-refractivity contribution in [1.29, 1.82) is 5.26 Å². The van der Waals surface area contributed by atoms with Gasteiger partial charge in [-0.15, -0.1) is 0 Å². The van der Waals surface area contributed by atoms with E-state index in [0.717, 1.165) is 5.56 Å². The Balaban J connectivity index is 1.73. The minimum atomic E-state index is -0.490. The van der Waals surface area contributed by atoms with Gasteiger partial charge in [0.25, 0.3) is 5.91 Å². The molecule has 6 nitrogen and oxygen atoms in total. The summed E-state index contributed by atoms with van der Waals surface area (Å²) in [6.45, 7) is 1.71. The molecule has 0 spiro atoms. The molecular formula is C23H20ClN3O3S. The number of morpholine rings is 1. The molecule has 4 rings (SSSR count). The molecule has 0 N–H and O–H groups in total. The van der Waals surface area contributed by atoms with Crippen molar-refractivity contribution in [2.24, 2.45) is 0 Å². The Hall–Kier alpha value is -2.79. The molecule has 0 saturated carbocycles. The van der Waals surface area contributed by atoms with Crippen molar-refractivity contribution in [3.8, 4) is 6.07 Å². The first kappa shape index (κ1) is 21.4. The summed E-state index contributed by atoms with van der Waals surface area (Å²) in [5, 5.41) is 10.4. The van der Waals surface area contributed by atoms with E-state index in [1.807, 2.05) is 36.4 Å². The summed E-state index contributed by atoms with van der Waals surface area (Å²) in [4.78, 5) is 29.7. The van der Waals surface area contributed by atoms with Gasteiger partial charge in [-0.1, -0.05) is 59.8 Å². The maximum absolute atomic E-state index is 13.4. The third-order valence-corrected chi connectivity index (χ3v) is 6.80. The third kappa shape index (κ3) is 4.47. The molecule has 2 saturated heterocycles. The minimum Gasteiger partial charge on any atom is -0.378 e. The van der Waals surface area contributed by atoms with Crippen LogP contribution in [-0.4, -0.2) is 48.3 Å². The Kier molecular flexibility index (Phi) is 6.62. The van der Waals surface area contributed by atoms with Gasteiger partial charge in [0.05, 0.1) is 18.5 Å². The molecule has 31 heavy (non-hydrogen) atoms. The fourth-order valence-electron chi connectivity index (χ4n) is 3.58. The number of carbonyl (C=O) groups excluding carboxylic acids is 2. The Labute approximate surface area is 190 Å². The molecule has 2 heterocycles. The van der Waals surface area contributed by atoms with E-state index in [4.69, 9.17) is 16.3 Å². The first-order valence-corrected chi connectivity index (χ1v) is 11.2. The van der Waals surface area contributed by atoms with E-state index in [9.17, 15) is 14.9 Å². The van der Waals surface area contributed by atoms with Gasteiger partial charge in [0.1, 0.15) is 16.7 Å². The lowest BCUT2D eigenvalue weighted by molar-refractivity contribution is -0.130. The van der Waals surface area contributed by atoms with Crippen molar-refractivity contribution >= 4 is 40.9 Å². The number of para-hydroxylation sites is 1. The van der Waals surface area contributed by atoms with Crippen LogP contribution in [0.2, 0.25) is 5.02 Å². The van der Waals surface area contributed by atoms with Crippen LogP contribution in [0.4, 0.5) is 5.69 Å². The molecule has 0 aliphatic carbocycles. The number of ether oxygens (including phenoxy) is 1. The van der Waals surface area contributed by atoms with Crippen LogP contribution in [0.1, 0.15) is 5.56 Å². The van der Waals surface area contributed by atoms with Crippen LogP contribution in [0.3, 0.4) is 0 Å². The average Bonchev–Trinajstić information content (AvgIpc) is 3.12. The maximum Gasteiger partial charge on any atom is 0.267 e. The second-order valence-corrected chi connectivity index (χ2v) is 8.71. The molecule has 158 valence electrons. The fourth-order valence-corrected chi connectivity index (χ4v) is 5.08. The zero-order valence-corrected chi connectivity index (χ0v) is 18.2. The van der Waals surface area contributed by atoms with E-state index in [2.05, 4.69) is 6.07 Å². The first-order chi connectivity index (χ1) is 15.1. The Morgan fingerprint density at radius 2 is 1.81 bits per heavy atom. The fraction of sp³-hybridized carbons (Fsp3) is 0.261. The smallest absolute Gasteiger partial charge is 0.267 e. The number of nitriles is 1. The highest BCUT2D eigenvalue weighted by atomic mass is 35.5. The lowest BCUT2D eigenvalue weighted by Crippen LogP contribution is -2.42. The highest BCUT2D eigenvalue weighted by molar-refractivity contribution is 8.05. The second-order valence-electron chi connectivity index (χ2n) is 7.11. The van der Waals surface area contributed by atoms with Crippen LogP contribution in [0.15, 0.2) is 65.2 Å². The van der Waals surface area contributed by atoms with Gasteiger partial charge >= 0.3 is 0 Å². The van der Waals surface area contributed by atoms with E-state index in [1.165, 1.54) is 16.7 Å². The average molecular weight is 454 g/mol. The summed E-state index contributed by atoms with van der Waals surface area (Å²) >= 11 is 7.56. The summed E-state index contributed by atoms with van der Waals surface area (Å²) in [6.07, 6.45) is 0.403. The van der Waals surface area contributed by atoms with Gasteiger partial charge in [-0.25, -0.2) is 0 Å². The topological polar surface area (TPSA) is 73.6 Å². The van der Waals surface area contributed by atoms with Crippen LogP contribution in [0.5, 0.6) is 0 Å². The number of amides is 2. The van der Waals surface area contributed by atoms with Crippen LogP contribution in [0, 0.1) is 11.3 Å². The van der Waals surface area contributed by atoms with Gasteiger partial charge in [0.15, 0.2) is 0 Å². The van der Waals surface area contributed by atoms with E-state index in [1.54, 1.807) is 23.1 Å². The number of halogens is 1. The molecule has 0 bridgehead atoms. The number of carbonyl (C=O) groups is 2. The van der Waals surface area contributed by atoms with E-state index < -0.39 is 5.25 Å². The van der Waals surface area contributed by atoms with Gasteiger partial charge in [0.2, 0.25) is 5.91 Å². The number of hydrogen-bond acceptors (Lipinski definition) is 5. The predicted molar refractivity (Wildman–Crippen MR) is 121 cm³/mol. The van der Waals surface area contributed by atoms with Gasteiger partial charge in [0, 0.05) is 23.8 Å². The molecule has 2 amide bonds. The largest absolute Gasteiger partial charge is 0.378 e. The van der Waals surface area contributed by atoms with E-state index in [-0.39, 0.29) is 17.4 Å². The molecule has 0 unspecified atom stereocenters. The standard InChI is InChI=1S/C23H20ClN3O3S/c24-19-9-5-4-6-16(19)14-20-22(29)27(17-7-2-1-3-8-17)23(31-20)18(15-25)21(28)26-10-12-30-13-11-26/h1-9,20H,10-14H2/b23-18-/t20-/m1/s1. The molecular weight excluding hydrogens is 434 g/mol. The van der Waals surface area contributed by atoms with Crippen molar-refractivity contribution in [2.45, 2.75) is 11.7 Å². The van der Waals surface area contributed by atoms with Crippen molar-refractivity contribution in [2.75, 3.05) is 31.2 Å². The zero-order valence-electron chi connectivity index (χ0n) is 16.7. The molecule has 0 aromatic heterocycles. The van der Waals surface area contributed by atoms with Gasteiger partial charge < -0.3 is 9.64 Å². The molecule has 2 aromatic rings. The van der Waals surface area contributed by atoms with Gasteiger partial charge in [-0.2, -0.15) is 5.26 Å². The van der Waals surface area contributed by atoms with E-state index in [0.29, 0.717) is 48.5 Å².